The van der Waals surface area contributed by atoms with Gasteiger partial charge >= 0.3 is 0 Å². The number of nitrogens with zero attached hydrogens (tertiary/aromatic N) is 1. The van der Waals surface area contributed by atoms with E-state index in [-0.39, 0.29) is 0 Å². The van der Waals surface area contributed by atoms with Gasteiger partial charge in [-0.15, -0.1) is 0 Å². The molecule has 1 aliphatic carbocycles. The molecular weight excluding hydrogens is 232 g/mol. The van der Waals surface area contributed by atoms with Gasteiger partial charge in [-0.05, 0) is 18.8 Å². The van der Waals surface area contributed by atoms with Crippen LogP contribution in [-0.4, -0.2) is 36.2 Å². The van der Waals surface area contributed by atoms with Crippen LogP contribution < -0.4 is 5.32 Å². The summed E-state index contributed by atoms with van der Waals surface area (Å²) in [5.74, 6) is 1.84. The van der Waals surface area contributed by atoms with E-state index in [2.05, 4.69) is 24.2 Å². The van der Waals surface area contributed by atoms with Crippen molar-refractivity contribution in [2.24, 2.45) is 10.9 Å². The number of ether oxygens (including phenoxy) is 1. The molecule has 1 atom stereocenters. The van der Waals surface area contributed by atoms with E-state index in [9.17, 15) is 0 Å². The maximum absolute atomic E-state index is 5.79. The lowest BCUT2D eigenvalue weighted by molar-refractivity contribution is 0.0644. The third-order valence-corrected chi connectivity index (χ3v) is 4.56. The first-order valence-corrected chi connectivity index (χ1v) is 7.79. The van der Waals surface area contributed by atoms with Crippen LogP contribution in [0.5, 0.6) is 0 Å². The Hall–Kier alpha value is -0.220. The second-order valence-electron chi connectivity index (χ2n) is 5.27. The molecule has 0 aromatic heterocycles. The molecule has 0 unspecified atom stereocenters. The Morgan fingerprint density at radius 2 is 2.18 bits per heavy atom. The smallest absolute Gasteiger partial charge is 0.156 e. The normalized spacial score (nSPS) is 28.2. The molecule has 3 nitrogen and oxygen atoms in total. The summed E-state index contributed by atoms with van der Waals surface area (Å²) in [4.78, 5) is 4.56. The fourth-order valence-electron chi connectivity index (χ4n) is 2.28. The molecule has 0 amide bonds. The lowest BCUT2D eigenvalue weighted by Gasteiger charge is -2.13. The molecule has 0 spiro atoms. The largest absolute Gasteiger partial charge is 0.376 e. The SMILES string of the molecule is CC(C)[C@H]1CSC(=NCCOC2CCCC2)N1. The van der Waals surface area contributed by atoms with Gasteiger partial charge in [0.05, 0.1) is 19.3 Å². The van der Waals surface area contributed by atoms with E-state index in [0.717, 1.165) is 24.1 Å². The van der Waals surface area contributed by atoms with Crippen molar-refractivity contribution in [2.45, 2.75) is 51.7 Å². The highest BCUT2D eigenvalue weighted by molar-refractivity contribution is 8.14. The van der Waals surface area contributed by atoms with E-state index in [0.29, 0.717) is 18.1 Å². The lowest BCUT2D eigenvalue weighted by atomic mass is 10.1. The van der Waals surface area contributed by atoms with Gasteiger partial charge in [0.1, 0.15) is 0 Å². The van der Waals surface area contributed by atoms with Crippen LogP contribution in [0.15, 0.2) is 4.99 Å². The Labute approximate surface area is 109 Å². The Kier molecular flexibility index (Phi) is 5.16. The predicted molar refractivity (Wildman–Crippen MR) is 74.7 cm³/mol. The molecular formula is C13H24N2OS. The van der Waals surface area contributed by atoms with Crippen molar-refractivity contribution in [3.05, 3.63) is 0 Å². The summed E-state index contributed by atoms with van der Waals surface area (Å²) in [7, 11) is 0. The minimum atomic E-state index is 0.516. The highest BCUT2D eigenvalue weighted by atomic mass is 32.2. The van der Waals surface area contributed by atoms with Gasteiger partial charge in [-0.2, -0.15) is 0 Å². The monoisotopic (exact) mass is 256 g/mol. The molecule has 1 N–H and O–H groups in total. The van der Waals surface area contributed by atoms with Crippen molar-refractivity contribution < 1.29 is 4.74 Å². The summed E-state index contributed by atoms with van der Waals surface area (Å²) in [5, 5.41) is 4.59. The molecule has 1 aliphatic heterocycles. The molecule has 2 rings (SSSR count). The molecule has 0 radical (unpaired) electrons. The first kappa shape index (κ1) is 13.2. The van der Waals surface area contributed by atoms with E-state index in [4.69, 9.17) is 4.74 Å². The van der Waals surface area contributed by atoms with E-state index < -0.39 is 0 Å². The molecule has 0 aromatic carbocycles. The van der Waals surface area contributed by atoms with Crippen LogP contribution in [0.2, 0.25) is 0 Å². The molecule has 98 valence electrons. The molecule has 4 heteroatoms. The molecule has 0 bridgehead atoms. The Balaban J connectivity index is 1.60. The van der Waals surface area contributed by atoms with Gasteiger partial charge in [-0.25, -0.2) is 0 Å². The number of hydrogen-bond donors (Lipinski definition) is 1. The van der Waals surface area contributed by atoms with Gasteiger partial charge in [-0.3, -0.25) is 4.99 Å². The lowest BCUT2D eigenvalue weighted by Crippen LogP contribution is -2.31. The fourth-order valence-corrected chi connectivity index (χ4v) is 3.51. The van der Waals surface area contributed by atoms with Crippen molar-refractivity contribution >= 4 is 16.9 Å². The van der Waals surface area contributed by atoms with Crippen LogP contribution in [0.1, 0.15) is 39.5 Å². The van der Waals surface area contributed by atoms with Gasteiger partial charge in [0, 0.05) is 11.8 Å². The van der Waals surface area contributed by atoms with Crippen molar-refractivity contribution in [1.82, 2.24) is 5.32 Å². The van der Waals surface area contributed by atoms with E-state index in [1.807, 2.05) is 11.8 Å². The maximum Gasteiger partial charge on any atom is 0.156 e. The molecule has 2 aliphatic rings. The van der Waals surface area contributed by atoms with Crippen LogP contribution >= 0.6 is 11.8 Å². The summed E-state index contributed by atoms with van der Waals surface area (Å²) in [6, 6.07) is 0.592. The average Bonchev–Trinajstić information content (AvgIpc) is 2.96. The first-order chi connectivity index (χ1) is 8.25. The summed E-state index contributed by atoms with van der Waals surface area (Å²) in [6.07, 6.45) is 5.69. The number of hydrogen-bond acceptors (Lipinski definition) is 3. The molecule has 2 fully saturated rings. The number of thioether (sulfide) groups is 1. The van der Waals surface area contributed by atoms with E-state index in [1.54, 1.807) is 0 Å². The average molecular weight is 256 g/mol. The third-order valence-electron chi connectivity index (χ3n) is 3.52. The Morgan fingerprint density at radius 3 is 2.82 bits per heavy atom. The number of nitrogens with one attached hydrogen (secondary N) is 1. The Bertz CT molecular complexity index is 262. The van der Waals surface area contributed by atoms with Crippen molar-refractivity contribution in [3.8, 4) is 0 Å². The van der Waals surface area contributed by atoms with Crippen LogP contribution in [0.25, 0.3) is 0 Å². The molecule has 1 saturated carbocycles. The summed E-state index contributed by atoms with van der Waals surface area (Å²) >= 11 is 1.84. The van der Waals surface area contributed by atoms with Crippen molar-refractivity contribution in [3.63, 3.8) is 0 Å². The van der Waals surface area contributed by atoms with Crippen LogP contribution in [0.4, 0.5) is 0 Å². The van der Waals surface area contributed by atoms with Crippen LogP contribution in [0.3, 0.4) is 0 Å². The van der Waals surface area contributed by atoms with Gasteiger partial charge in [-0.1, -0.05) is 38.5 Å². The van der Waals surface area contributed by atoms with Gasteiger partial charge < -0.3 is 10.1 Å². The quantitative estimate of drug-likeness (QED) is 0.768. The second kappa shape index (κ2) is 6.64. The predicted octanol–water partition coefficient (Wildman–Crippen LogP) is 2.66. The molecule has 0 aromatic rings. The van der Waals surface area contributed by atoms with Crippen molar-refractivity contribution in [1.29, 1.82) is 0 Å². The Morgan fingerprint density at radius 1 is 1.41 bits per heavy atom. The topological polar surface area (TPSA) is 33.6 Å². The molecule has 17 heavy (non-hydrogen) atoms. The minimum Gasteiger partial charge on any atom is -0.376 e. The fraction of sp³-hybridized carbons (Fsp3) is 0.923. The summed E-state index contributed by atoms with van der Waals surface area (Å²) < 4.78 is 5.79. The number of amidine groups is 1. The maximum atomic E-state index is 5.79. The zero-order chi connectivity index (χ0) is 12.1. The molecule has 1 saturated heterocycles. The van der Waals surface area contributed by atoms with Crippen LogP contribution in [0, 0.1) is 5.92 Å². The third kappa shape index (κ3) is 4.18. The zero-order valence-corrected chi connectivity index (χ0v) is 11.8. The minimum absolute atomic E-state index is 0.516. The molecule has 1 heterocycles. The van der Waals surface area contributed by atoms with E-state index >= 15 is 0 Å². The van der Waals surface area contributed by atoms with E-state index in [1.165, 1.54) is 25.7 Å². The number of aliphatic imine (C=N–C) groups is 1. The highest BCUT2D eigenvalue weighted by Crippen LogP contribution is 2.21. The summed E-state index contributed by atoms with van der Waals surface area (Å²) in [5.41, 5.74) is 0. The number of rotatable bonds is 5. The second-order valence-corrected chi connectivity index (χ2v) is 6.28. The zero-order valence-electron chi connectivity index (χ0n) is 10.9. The van der Waals surface area contributed by atoms with Gasteiger partial charge in [0.25, 0.3) is 0 Å². The standard InChI is InChI=1S/C13H24N2OS/c1-10(2)12-9-17-13(15-12)14-7-8-16-11-5-3-4-6-11/h10-12H,3-9H2,1-2H3,(H,14,15)/t12-/m1/s1. The van der Waals surface area contributed by atoms with Crippen LogP contribution in [-0.2, 0) is 4.74 Å². The highest BCUT2D eigenvalue weighted by Gasteiger charge is 2.22. The summed E-state index contributed by atoms with van der Waals surface area (Å²) in [6.45, 7) is 6.09. The van der Waals surface area contributed by atoms with Crippen molar-refractivity contribution in [2.75, 3.05) is 18.9 Å². The van der Waals surface area contributed by atoms with Gasteiger partial charge in [0.15, 0.2) is 5.17 Å². The van der Waals surface area contributed by atoms with Gasteiger partial charge in [0.2, 0.25) is 0 Å². The first-order valence-electron chi connectivity index (χ1n) is 6.81.